The summed E-state index contributed by atoms with van der Waals surface area (Å²) in [6, 6.07) is 24.7. The van der Waals surface area contributed by atoms with Gasteiger partial charge in [-0.15, -0.1) is 0 Å². The molecule has 3 amide bonds. The standard InChI is InChI=1S/C35H39N3O6/c1-23-11-10-16-28(31(23)40)30(32(41)36-27-18-17-25-14-8-9-15-26(25)22-27)38(19-20-39)33(42)29(21-24-12-6-5-7-13-24)37-34(43)44-35(2,3)4/h5-18,22,29-30,39-40H,19-21H2,1-4H3,(H,36,41)(H,37,43). The van der Waals surface area contributed by atoms with E-state index in [2.05, 4.69) is 10.6 Å². The second kappa shape index (κ2) is 14.1. The number of aryl methyl sites for hydroxylation is 1. The largest absolute Gasteiger partial charge is 0.507 e. The topological polar surface area (TPSA) is 128 Å². The van der Waals surface area contributed by atoms with Crippen LogP contribution in [0.1, 0.15) is 43.5 Å². The highest BCUT2D eigenvalue weighted by atomic mass is 16.6. The number of hydrogen-bond donors (Lipinski definition) is 4. The van der Waals surface area contributed by atoms with Crippen LogP contribution < -0.4 is 10.6 Å². The third kappa shape index (κ3) is 8.14. The number of benzene rings is 4. The number of carbonyl (C=O) groups is 3. The molecule has 44 heavy (non-hydrogen) atoms. The van der Waals surface area contributed by atoms with E-state index in [4.69, 9.17) is 4.74 Å². The average Bonchev–Trinajstić information content (AvgIpc) is 2.98. The van der Waals surface area contributed by atoms with Crippen molar-refractivity contribution in [3.63, 3.8) is 0 Å². The van der Waals surface area contributed by atoms with Gasteiger partial charge in [0.25, 0.3) is 5.91 Å². The Balaban J connectivity index is 1.75. The van der Waals surface area contributed by atoms with Gasteiger partial charge in [0.2, 0.25) is 5.91 Å². The van der Waals surface area contributed by atoms with Crippen LogP contribution in [0.2, 0.25) is 0 Å². The molecule has 4 N–H and O–H groups in total. The van der Waals surface area contributed by atoms with Gasteiger partial charge in [0, 0.05) is 24.2 Å². The summed E-state index contributed by atoms with van der Waals surface area (Å²) in [7, 11) is 0. The molecule has 0 saturated heterocycles. The zero-order valence-electron chi connectivity index (χ0n) is 25.4. The Kier molecular flexibility index (Phi) is 10.2. The first-order valence-electron chi connectivity index (χ1n) is 14.5. The van der Waals surface area contributed by atoms with Crippen LogP contribution >= 0.6 is 0 Å². The number of ether oxygens (including phenoxy) is 1. The van der Waals surface area contributed by atoms with Crippen LogP contribution in [0, 0.1) is 6.92 Å². The van der Waals surface area contributed by atoms with Gasteiger partial charge in [0.15, 0.2) is 0 Å². The lowest BCUT2D eigenvalue weighted by Crippen LogP contribution is -2.53. The zero-order chi connectivity index (χ0) is 31.9. The number of aliphatic hydroxyl groups is 1. The lowest BCUT2D eigenvalue weighted by Gasteiger charge is -2.34. The number of hydrogen-bond acceptors (Lipinski definition) is 6. The van der Waals surface area contributed by atoms with Gasteiger partial charge in [-0.05, 0) is 61.7 Å². The van der Waals surface area contributed by atoms with E-state index >= 15 is 0 Å². The van der Waals surface area contributed by atoms with Crippen molar-refractivity contribution in [3.05, 3.63) is 108 Å². The first-order valence-corrected chi connectivity index (χ1v) is 14.5. The summed E-state index contributed by atoms with van der Waals surface area (Å²) < 4.78 is 5.45. The maximum absolute atomic E-state index is 14.4. The zero-order valence-corrected chi connectivity index (χ0v) is 25.4. The molecule has 2 atom stereocenters. The molecule has 0 aliphatic rings. The average molecular weight is 598 g/mol. The molecule has 0 saturated carbocycles. The Bertz CT molecular complexity index is 1620. The fourth-order valence-corrected chi connectivity index (χ4v) is 5.00. The molecular formula is C35H39N3O6. The third-order valence-electron chi connectivity index (χ3n) is 7.04. The molecule has 4 aromatic carbocycles. The van der Waals surface area contributed by atoms with E-state index in [0.29, 0.717) is 11.3 Å². The summed E-state index contributed by atoms with van der Waals surface area (Å²) in [5.74, 6) is -1.38. The highest BCUT2D eigenvalue weighted by Gasteiger charge is 2.37. The molecule has 0 spiro atoms. The number of anilines is 1. The molecule has 9 nitrogen and oxygen atoms in total. The number of carbonyl (C=O) groups excluding carboxylic acids is 3. The Morgan fingerprint density at radius 2 is 1.57 bits per heavy atom. The summed E-state index contributed by atoms with van der Waals surface area (Å²) >= 11 is 0. The number of alkyl carbamates (subject to hydrolysis) is 1. The second-order valence-electron chi connectivity index (χ2n) is 11.6. The summed E-state index contributed by atoms with van der Waals surface area (Å²) in [6.45, 7) is 6.12. The van der Waals surface area contributed by atoms with E-state index < -0.39 is 42.2 Å². The number of aromatic hydroxyl groups is 1. The van der Waals surface area contributed by atoms with Crippen molar-refractivity contribution in [2.24, 2.45) is 0 Å². The second-order valence-corrected chi connectivity index (χ2v) is 11.6. The van der Waals surface area contributed by atoms with Crippen LogP contribution in [0.3, 0.4) is 0 Å². The fraction of sp³-hybridized carbons (Fsp3) is 0.286. The van der Waals surface area contributed by atoms with E-state index in [9.17, 15) is 24.6 Å². The SMILES string of the molecule is Cc1cccc(C(C(=O)Nc2ccc3ccccc3c2)N(CCO)C(=O)C(Cc2ccccc2)NC(=O)OC(C)(C)C)c1O. The molecule has 0 bridgehead atoms. The van der Waals surface area contributed by atoms with Crippen LogP contribution in [0.25, 0.3) is 10.8 Å². The number of phenolic OH excluding ortho intramolecular Hbond substituents is 1. The molecule has 2 unspecified atom stereocenters. The summed E-state index contributed by atoms with van der Waals surface area (Å²) in [4.78, 5) is 42.6. The predicted octanol–water partition coefficient (Wildman–Crippen LogP) is 5.49. The van der Waals surface area contributed by atoms with Gasteiger partial charge in [-0.25, -0.2) is 4.79 Å². The number of amides is 3. The Labute approximate surface area is 257 Å². The minimum Gasteiger partial charge on any atom is -0.507 e. The van der Waals surface area contributed by atoms with Crippen LogP contribution in [0.15, 0.2) is 91.0 Å². The summed E-state index contributed by atoms with van der Waals surface area (Å²) in [5.41, 5.74) is 1.14. The maximum Gasteiger partial charge on any atom is 0.408 e. The predicted molar refractivity (Wildman–Crippen MR) is 170 cm³/mol. The Morgan fingerprint density at radius 3 is 2.25 bits per heavy atom. The molecule has 0 aliphatic carbocycles. The van der Waals surface area contributed by atoms with Crippen molar-refractivity contribution < 1.29 is 29.3 Å². The number of fused-ring (bicyclic) bond motifs is 1. The molecule has 0 fully saturated rings. The molecular weight excluding hydrogens is 558 g/mol. The lowest BCUT2D eigenvalue weighted by molar-refractivity contribution is -0.141. The Morgan fingerprint density at radius 1 is 0.886 bits per heavy atom. The molecule has 9 heteroatoms. The lowest BCUT2D eigenvalue weighted by atomic mass is 9.98. The minimum atomic E-state index is -1.35. The van der Waals surface area contributed by atoms with Crippen molar-refractivity contribution in [1.82, 2.24) is 10.2 Å². The van der Waals surface area contributed by atoms with Crippen molar-refractivity contribution in [3.8, 4) is 5.75 Å². The number of para-hydroxylation sites is 1. The minimum absolute atomic E-state index is 0.0969. The quantitative estimate of drug-likeness (QED) is 0.191. The van der Waals surface area contributed by atoms with Crippen molar-refractivity contribution in [1.29, 1.82) is 0 Å². The Hall–Kier alpha value is -4.89. The number of nitrogens with zero attached hydrogens (tertiary/aromatic N) is 1. The van der Waals surface area contributed by atoms with Gasteiger partial charge < -0.3 is 30.5 Å². The van der Waals surface area contributed by atoms with Crippen LogP contribution in [0.5, 0.6) is 5.75 Å². The van der Waals surface area contributed by atoms with E-state index in [0.717, 1.165) is 16.3 Å². The molecule has 0 radical (unpaired) electrons. The number of rotatable bonds is 10. The normalized spacial score (nSPS) is 12.7. The molecule has 230 valence electrons. The van der Waals surface area contributed by atoms with Crippen molar-refractivity contribution >= 4 is 34.4 Å². The van der Waals surface area contributed by atoms with E-state index in [-0.39, 0.29) is 24.3 Å². The first-order chi connectivity index (χ1) is 21.0. The van der Waals surface area contributed by atoms with Crippen LogP contribution in [-0.4, -0.2) is 57.8 Å². The van der Waals surface area contributed by atoms with Gasteiger partial charge in [-0.3, -0.25) is 9.59 Å². The van der Waals surface area contributed by atoms with Crippen molar-refractivity contribution in [2.45, 2.75) is 51.8 Å². The maximum atomic E-state index is 14.4. The van der Waals surface area contributed by atoms with Gasteiger partial charge in [-0.2, -0.15) is 0 Å². The van der Waals surface area contributed by atoms with E-state index in [1.54, 1.807) is 52.0 Å². The molecule has 0 aromatic heterocycles. The van der Waals surface area contributed by atoms with Gasteiger partial charge >= 0.3 is 6.09 Å². The summed E-state index contributed by atoms with van der Waals surface area (Å²) in [5, 5.41) is 28.7. The van der Waals surface area contributed by atoms with Gasteiger partial charge in [0.05, 0.1) is 6.61 Å². The summed E-state index contributed by atoms with van der Waals surface area (Å²) in [6.07, 6.45) is -0.703. The first kappa shape index (κ1) is 32.0. The monoisotopic (exact) mass is 597 g/mol. The smallest absolute Gasteiger partial charge is 0.408 e. The van der Waals surface area contributed by atoms with E-state index in [1.807, 2.05) is 66.7 Å². The fourth-order valence-electron chi connectivity index (χ4n) is 5.00. The molecule has 0 heterocycles. The number of phenols is 1. The highest BCUT2D eigenvalue weighted by Crippen LogP contribution is 2.33. The number of nitrogens with one attached hydrogen (secondary N) is 2. The van der Waals surface area contributed by atoms with E-state index in [1.165, 1.54) is 4.90 Å². The molecule has 4 aromatic rings. The molecule has 0 aliphatic heterocycles. The number of aliphatic hydroxyl groups excluding tert-OH is 1. The van der Waals surface area contributed by atoms with Gasteiger partial charge in [-0.1, -0.05) is 78.9 Å². The molecule has 4 rings (SSSR count). The van der Waals surface area contributed by atoms with Crippen molar-refractivity contribution in [2.75, 3.05) is 18.5 Å². The van der Waals surface area contributed by atoms with Gasteiger partial charge in [0.1, 0.15) is 23.4 Å². The third-order valence-corrected chi connectivity index (χ3v) is 7.04. The highest BCUT2D eigenvalue weighted by molar-refractivity contribution is 6.00. The van der Waals surface area contributed by atoms with Crippen LogP contribution in [0.4, 0.5) is 10.5 Å². The van der Waals surface area contributed by atoms with Crippen LogP contribution in [-0.2, 0) is 20.7 Å².